The zero-order valence-electron chi connectivity index (χ0n) is 13.4. The minimum Gasteiger partial charge on any atom is -0.493 e. The number of benzene rings is 1. The molecule has 21 heavy (non-hydrogen) atoms. The van der Waals surface area contributed by atoms with E-state index in [1.54, 1.807) is 12.0 Å². The van der Waals surface area contributed by atoms with Crippen molar-refractivity contribution in [2.24, 2.45) is 0 Å². The number of carbonyl (C=O) groups excluding carboxylic acids is 1. The van der Waals surface area contributed by atoms with Crippen molar-refractivity contribution >= 4 is 6.03 Å². The van der Waals surface area contributed by atoms with Gasteiger partial charge in [-0.2, -0.15) is 0 Å². The molecular formula is C16H26N2O3. The molecule has 0 saturated heterocycles. The minimum atomic E-state index is -0.0158. The van der Waals surface area contributed by atoms with Crippen LogP contribution in [0.25, 0.3) is 0 Å². The molecule has 1 N–H and O–H groups in total. The lowest BCUT2D eigenvalue weighted by molar-refractivity contribution is 0.203. The summed E-state index contributed by atoms with van der Waals surface area (Å²) in [5, 5.41) is 2.93. The van der Waals surface area contributed by atoms with E-state index in [1.807, 2.05) is 39.0 Å². The summed E-state index contributed by atoms with van der Waals surface area (Å²) < 4.78 is 10.8. The Labute approximate surface area is 127 Å². The lowest BCUT2D eigenvalue weighted by atomic mass is 10.1. The van der Waals surface area contributed by atoms with Crippen molar-refractivity contribution in [2.75, 3.05) is 33.4 Å². The molecule has 5 nitrogen and oxygen atoms in total. The molecule has 0 bridgehead atoms. The second-order valence-corrected chi connectivity index (χ2v) is 4.57. The van der Waals surface area contributed by atoms with Crippen molar-refractivity contribution in [3.63, 3.8) is 0 Å². The van der Waals surface area contributed by atoms with Gasteiger partial charge in [-0.05, 0) is 44.9 Å². The van der Waals surface area contributed by atoms with Crippen LogP contribution in [0.15, 0.2) is 18.2 Å². The van der Waals surface area contributed by atoms with Crippen LogP contribution in [0.5, 0.6) is 11.5 Å². The van der Waals surface area contributed by atoms with Gasteiger partial charge in [0.25, 0.3) is 0 Å². The minimum absolute atomic E-state index is 0.0158. The van der Waals surface area contributed by atoms with E-state index in [2.05, 4.69) is 5.32 Å². The maximum atomic E-state index is 11.8. The van der Waals surface area contributed by atoms with Gasteiger partial charge in [0.2, 0.25) is 0 Å². The maximum absolute atomic E-state index is 11.8. The van der Waals surface area contributed by atoms with Gasteiger partial charge in [0.05, 0.1) is 13.7 Å². The Kier molecular flexibility index (Phi) is 7.43. The van der Waals surface area contributed by atoms with Crippen LogP contribution in [0.3, 0.4) is 0 Å². The Morgan fingerprint density at radius 3 is 2.48 bits per heavy atom. The third kappa shape index (κ3) is 5.17. The number of hydrogen-bond acceptors (Lipinski definition) is 3. The fraction of sp³-hybridized carbons (Fsp3) is 0.562. The van der Waals surface area contributed by atoms with Crippen molar-refractivity contribution in [2.45, 2.75) is 27.2 Å². The number of amides is 2. The second-order valence-electron chi connectivity index (χ2n) is 4.57. The predicted octanol–water partition coefficient (Wildman–Crippen LogP) is 2.69. The summed E-state index contributed by atoms with van der Waals surface area (Å²) in [7, 11) is 1.63. The van der Waals surface area contributed by atoms with E-state index in [1.165, 1.54) is 0 Å². The highest BCUT2D eigenvalue weighted by molar-refractivity contribution is 5.74. The summed E-state index contributed by atoms with van der Waals surface area (Å²) in [5.41, 5.74) is 1.11. The number of nitrogens with zero attached hydrogens (tertiary/aromatic N) is 1. The van der Waals surface area contributed by atoms with E-state index in [9.17, 15) is 4.79 Å². The SMILES string of the molecule is CCOc1ccc(CCNC(=O)N(CC)CC)cc1OC. The highest BCUT2D eigenvalue weighted by Gasteiger charge is 2.09. The number of rotatable bonds is 8. The van der Waals surface area contributed by atoms with Crippen molar-refractivity contribution < 1.29 is 14.3 Å². The first kappa shape index (κ1) is 17.1. The molecule has 2 amide bonds. The first-order chi connectivity index (χ1) is 10.2. The van der Waals surface area contributed by atoms with Crippen LogP contribution in [0.1, 0.15) is 26.3 Å². The van der Waals surface area contributed by atoms with Crippen LogP contribution in [0.2, 0.25) is 0 Å². The predicted molar refractivity (Wildman–Crippen MR) is 84.2 cm³/mol. The van der Waals surface area contributed by atoms with E-state index in [0.29, 0.717) is 13.2 Å². The number of ether oxygens (including phenoxy) is 2. The lowest BCUT2D eigenvalue weighted by Gasteiger charge is -2.19. The average molecular weight is 294 g/mol. The molecule has 0 aliphatic carbocycles. The van der Waals surface area contributed by atoms with Crippen molar-refractivity contribution in [1.29, 1.82) is 0 Å². The van der Waals surface area contributed by atoms with Crippen LogP contribution in [-0.2, 0) is 6.42 Å². The summed E-state index contributed by atoms with van der Waals surface area (Å²) in [6.45, 7) is 8.54. The molecule has 0 aliphatic heterocycles. The largest absolute Gasteiger partial charge is 0.493 e. The molecule has 0 atom stereocenters. The number of hydrogen-bond donors (Lipinski definition) is 1. The van der Waals surface area contributed by atoms with E-state index in [0.717, 1.165) is 36.6 Å². The van der Waals surface area contributed by atoms with Crippen molar-refractivity contribution in [3.8, 4) is 11.5 Å². The Morgan fingerprint density at radius 2 is 1.90 bits per heavy atom. The Hall–Kier alpha value is -1.91. The number of nitrogens with one attached hydrogen (secondary N) is 1. The Morgan fingerprint density at radius 1 is 1.19 bits per heavy atom. The molecule has 0 radical (unpaired) electrons. The zero-order valence-corrected chi connectivity index (χ0v) is 13.4. The third-order valence-electron chi connectivity index (χ3n) is 3.27. The Bertz CT molecular complexity index is 445. The summed E-state index contributed by atoms with van der Waals surface area (Å²) in [6, 6.07) is 5.84. The van der Waals surface area contributed by atoms with Crippen LogP contribution in [0.4, 0.5) is 4.79 Å². The fourth-order valence-corrected chi connectivity index (χ4v) is 2.08. The molecule has 0 aliphatic rings. The molecule has 0 fully saturated rings. The molecule has 1 aromatic rings. The number of urea groups is 1. The smallest absolute Gasteiger partial charge is 0.317 e. The van der Waals surface area contributed by atoms with E-state index in [-0.39, 0.29) is 6.03 Å². The van der Waals surface area contributed by atoms with E-state index >= 15 is 0 Å². The van der Waals surface area contributed by atoms with Gasteiger partial charge in [-0.25, -0.2) is 4.79 Å². The molecule has 5 heteroatoms. The van der Waals surface area contributed by atoms with Gasteiger partial charge in [0, 0.05) is 19.6 Å². The summed E-state index contributed by atoms with van der Waals surface area (Å²) in [5.74, 6) is 1.47. The highest BCUT2D eigenvalue weighted by Crippen LogP contribution is 2.28. The fourth-order valence-electron chi connectivity index (χ4n) is 2.08. The summed E-state index contributed by atoms with van der Waals surface area (Å²) in [6.07, 6.45) is 0.760. The second kappa shape index (κ2) is 9.10. The molecule has 0 heterocycles. The lowest BCUT2D eigenvalue weighted by Crippen LogP contribution is -2.40. The molecule has 0 aromatic heterocycles. The zero-order chi connectivity index (χ0) is 15.7. The molecule has 0 saturated carbocycles. The molecular weight excluding hydrogens is 268 g/mol. The van der Waals surface area contributed by atoms with Gasteiger partial charge in [-0.1, -0.05) is 6.07 Å². The van der Waals surface area contributed by atoms with Gasteiger partial charge in [0.15, 0.2) is 11.5 Å². The molecule has 0 unspecified atom stereocenters. The Balaban J connectivity index is 2.54. The van der Waals surface area contributed by atoms with Crippen LogP contribution in [-0.4, -0.2) is 44.3 Å². The maximum Gasteiger partial charge on any atom is 0.317 e. The molecule has 1 aromatic carbocycles. The van der Waals surface area contributed by atoms with E-state index < -0.39 is 0 Å². The first-order valence-electron chi connectivity index (χ1n) is 7.48. The van der Waals surface area contributed by atoms with Gasteiger partial charge in [-0.15, -0.1) is 0 Å². The van der Waals surface area contributed by atoms with Gasteiger partial charge < -0.3 is 19.7 Å². The average Bonchev–Trinajstić information content (AvgIpc) is 2.50. The van der Waals surface area contributed by atoms with Gasteiger partial charge >= 0.3 is 6.03 Å². The van der Waals surface area contributed by atoms with Crippen molar-refractivity contribution in [3.05, 3.63) is 23.8 Å². The molecule has 118 valence electrons. The van der Waals surface area contributed by atoms with Crippen LogP contribution >= 0.6 is 0 Å². The number of methoxy groups -OCH3 is 1. The first-order valence-corrected chi connectivity index (χ1v) is 7.48. The quantitative estimate of drug-likeness (QED) is 0.802. The standard InChI is InChI=1S/C16H26N2O3/c1-5-18(6-2)16(19)17-11-10-13-8-9-14(21-7-3)15(12-13)20-4/h8-9,12H,5-7,10-11H2,1-4H3,(H,17,19). The topological polar surface area (TPSA) is 50.8 Å². The number of carbonyl (C=O) groups is 1. The van der Waals surface area contributed by atoms with Crippen molar-refractivity contribution in [1.82, 2.24) is 10.2 Å². The third-order valence-corrected chi connectivity index (χ3v) is 3.27. The molecule has 0 spiro atoms. The van der Waals surface area contributed by atoms with Gasteiger partial charge in [0.1, 0.15) is 0 Å². The highest BCUT2D eigenvalue weighted by atomic mass is 16.5. The van der Waals surface area contributed by atoms with E-state index in [4.69, 9.17) is 9.47 Å². The van der Waals surface area contributed by atoms with Crippen LogP contribution < -0.4 is 14.8 Å². The normalized spacial score (nSPS) is 10.1. The monoisotopic (exact) mass is 294 g/mol. The summed E-state index contributed by atoms with van der Waals surface area (Å²) in [4.78, 5) is 13.6. The van der Waals surface area contributed by atoms with Gasteiger partial charge in [-0.3, -0.25) is 0 Å². The molecule has 1 rings (SSSR count). The summed E-state index contributed by atoms with van der Waals surface area (Å²) >= 11 is 0. The van der Waals surface area contributed by atoms with Crippen LogP contribution in [0, 0.1) is 0 Å².